The Kier molecular flexibility index (Phi) is 6.10. The van der Waals surface area contributed by atoms with Crippen molar-refractivity contribution < 1.29 is 14.3 Å². The highest BCUT2D eigenvalue weighted by Gasteiger charge is 2.11. The number of aryl methyl sites for hydroxylation is 1. The van der Waals surface area contributed by atoms with Gasteiger partial charge in [-0.3, -0.25) is 4.90 Å². The Bertz CT molecular complexity index is 642. The Balaban J connectivity index is 1.71. The van der Waals surface area contributed by atoms with E-state index in [2.05, 4.69) is 19.7 Å². The molecule has 0 N–H and O–H groups in total. The fraction of sp³-hybridized carbons (Fsp3) is 0.438. The monoisotopic (exact) mass is 318 g/mol. The third-order valence-electron chi connectivity index (χ3n) is 3.33. The molecule has 7 heteroatoms. The number of carbonyl (C=O) groups is 1. The number of para-hydroxylation sites is 1. The van der Waals surface area contributed by atoms with Crippen molar-refractivity contribution in [1.82, 2.24) is 19.7 Å². The minimum Gasteiger partial charge on any atom is -0.493 e. The van der Waals surface area contributed by atoms with Crippen molar-refractivity contribution in [3.05, 3.63) is 42.0 Å². The molecule has 0 aliphatic carbocycles. The standard InChI is InChI=1S/C16H22N4O3/c1-13-7-4-5-8-14(13)23-10-6-9-19(2)12-20-11-17-15(18-20)16(21)22-3/h4-5,7-8,11H,6,9-10,12H2,1-3H3. The Morgan fingerprint density at radius 1 is 1.35 bits per heavy atom. The molecule has 2 rings (SSSR count). The minimum absolute atomic E-state index is 0.0730. The fourth-order valence-electron chi connectivity index (χ4n) is 2.10. The first-order chi connectivity index (χ1) is 11.1. The van der Waals surface area contributed by atoms with E-state index in [-0.39, 0.29) is 5.82 Å². The fourth-order valence-corrected chi connectivity index (χ4v) is 2.10. The van der Waals surface area contributed by atoms with E-state index < -0.39 is 5.97 Å². The summed E-state index contributed by atoms with van der Waals surface area (Å²) in [5.74, 6) is 0.468. The summed E-state index contributed by atoms with van der Waals surface area (Å²) in [7, 11) is 3.29. The molecular weight excluding hydrogens is 296 g/mol. The zero-order valence-corrected chi connectivity index (χ0v) is 13.7. The Morgan fingerprint density at radius 2 is 2.13 bits per heavy atom. The number of rotatable bonds is 8. The molecule has 0 amide bonds. The number of hydrogen-bond donors (Lipinski definition) is 0. The third-order valence-corrected chi connectivity index (χ3v) is 3.33. The van der Waals surface area contributed by atoms with Crippen LogP contribution in [0.3, 0.4) is 0 Å². The molecular formula is C16H22N4O3. The topological polar surface area (TPSA) is 69.5 Å². The molecule has 1 aromatic heterocycles. The average Bonchev–Trinajstić information content (AvgIpc) is 3.00. The van der Waals surface area contributed by atoms with E-state index >= 15 is 0 Å². The third kappa shape index (κ3) is 5.07. The SMILES string of the molecule is COC(=O)c1ncn(CN(C)CCCOc2ccccc2C)n1. The summed E-state index contributed by atoms with van der Waals surface area (Å²) in [5.41, 5.74) is 1.14. The summed E-state index contributed by atoms with van der Waals surface area (Å²) in [5, 5.41) is 4.07. The lowest BCUT2D eigenvalue weighted by atomic mass is 10.2. The van der Waals surface area contributed by atoms with E-state index in [1.54, 1.807) is 4.68 Å². The van der Waals surface area contributed by atoms with Crippen molar-refractivity contribution in [2.45, 2.75) is 20.0 Å². The number of nitrogens with zero attached hydrogens (tertiary/aromatic N) is 4. The van der Waals surface area contributed by atoms with Gasteiger partial charge in [-0.1, -0.05) is 18.2 Å². The van der Waals surface area contributed by atoms with Crippen LogP contribution < -0.4 is 4.74 Å². The lowest BCUT2D eigenvalue weighted by Gasteiger charge is -2.16. The van der Waals surface area contributed by atoms with Crippen molar-refractivity contribution in [2.24, 2.45) is 0 Å². The number of hydrogen-bond acceptors (Lipinski definition) is 6. The lowest BCUT2D eigenvalue weighted by Crippen LogP contribution is -2.25. The van der Waals surface area contributed by atoms with E-state index in [0.29, 0.717) is 13.3 Å². The number of ether oxygens (including phenoxy) is 2. The van der Waals surface area contributed by atoms with Gasteiger partial charge in [0, 0.05) is 6.54 Å². The van der Waals surface area contributed by atoms with Crippen molar-refractivity contribution in [1.29, 1.82) is 0 Å². The molecule has 0 bridgehead atoms. The number of carbonyl (C=O) groups excluding carboxylic acids is 1. The first kappa shape index (κ1) is 17.0. The number of methoxy groups -OCH3 is 1. The van der Waals surface area contributed by atoms with Crippen LogP contribution in [0.1, 0.15) is 22.6 Å². The Labute approximate surface area is 135 Å². The molecule has 124 valence electrons. The van der Waals surface area contributed by atoms with Crippen LogP contribution in [0.5, 0.6) is 5.75 Å². The van der Waals surface area contributed by atoms with Crippen LogP contribution >= 0.6 is 0 Å². The summed E-state index contributed by atoms with van der Waals surface area (Å²) in [6.45, 7) is 4.08. The predicted octanol–water partition coefficient (Wildman–Crippen LogP) is 1.73. The van der Waals surface area contributed by atoms with Crippen LogP contribution in [-0.2, 0) is 11.4 Å². The quantitative estimate of drug-likeness (QED) is 0.545. The average molecular weight is 318 g/mol. The molecule has 7 nitrogen and oxygen atoms in total. The maximum Gasteiger partial charge on any atom is 0.377 e. The molecule has 0 aliphatic rings. The molecule has 1 aromatic carbocycles. The predicted molar refractivity (Wildman–Crippen MR) is 85.3 cm³/mol. The summed E-state index contributed by atoms with van der Waals surface area (Å²) in [4.78, 5) is 17.3. The van der Waals surface area contributed by atoms with Crippen molar-refractivity contribution in [2.75, 3.05) is 27.3 Å². The zero-order chi connectivity index (χ0) is 16.7. The molecule has 0 saturated carbocycles. The summed E-state index contributed by atoms with van der Waals surface area (Å²) >= 11 is 0. The second-order valence-corrected chi connectivity index (χ2v) is 5.29. The molecule has 0 radical (unpaired) electrons. The summed E-state index contributed by atoms with van der Waals surface area (Å²) < 4.78 is 11.9. The second-order valence-electron chi connectivity index (χ2n) is 5.29. The van der Waals surface area contributed by atoms with Gasteiger partial charge in [-0.15, -0.1) is 5.10 Å². The maximum atomic E-state index is 11.3. The van der Waals surface area contributed by atoms with Gasteiger partial charge in [-0.25, -0.2) is 14.5 Å². The van der Waals surface area contributed by atoms with Gasteiger partial charge in [0.05, 0.1) is 20.4 Å². The van der Waals surface area contributed by atoms with Crippen LogP contribution in [0.15, 0.2) is 30.6 Å². The molecule has 23 heavy (non-hydrogen) atoms. The number of benzene rings is 1. The van der Waals surface area contributed by atoms with E-state index in [0.717, 1.165) is 24.3 Å². The molecule has 0 spiro atoms. The molecule has 1 heterocycles. The van der Waals surface area contributed by atoms with E-state index in [4.69, 9.17) is 4.74 Å². The highest BCUT2D eigenvalue weighted by atomic mass is 16.5. The van der Waals surface area contributed by atoms with Crippen molar-refractivity contribution in [3.8, 4) is 5.75 Å². The van der Waals surface area contributed by atoms with Gasteiger partial charge < -0.3 is 9.47 Å². The van der Waals surface area contributed by atoms with E-state index in [9.17, 15) is 4.79 Å². The summed E-state index contributed by atoms with van der Waals surface area (Å²) in [6, 6.07) is 7.97. The van der Waals surface area contributed by atoms with Gasteiger partial charge in [0.15, 0.2) is 0 Å². The van der Waals surface area contributed by atoms with Gasteiger partial charge in [-0.2, -0.15) is 0 Å². The van der Waals surface area contributed by atoms with E-state index in [1.807, 2.05) is 38.2 Å². The highest BCUT2D eigenvalue weighted by Crippen LogP contribution is 2.16. The number of esters is 1. The minimum atomic E-state index is -0.530. The molecule has 0 saturated heterocycles. The first-order valence-corrected chi connectivity index (χ1v) is 7.45. The Hall–Kier alpha value is -2.41. The molecule has 2 aromatic rings. The Morgan fingerprint density at radius 3 is 2.87 bits per heavy atom. The normalized spacial score (nSPS) is 10.8. The number of aromatic nitrogens is 3. The first-order valence-electron chi connectivity index (χ1n) is 7.45. The van der Waals surface area contributed by atoms with Crippen molar-refractivity contribution in [3.63, 3.8) is 0 Å². The maximum absolute atomic E-state index is 11.3. The van der Waals surface area contributed by atoms with Gasteiger partial charge in [-0.05, 0) is 32.0 Å². The van der Waals surface area contributed by atoms with E-state index in [1.165, 1.54) is 13.4 Å². The molecule has 0 fully saturated rings. The van der Waals surface area contributed by atoms with Crippen LogP contribution in [-0.4, -0.2) is 52.9 Å². The van der Waals surface area contributed by atoms with Crippen LogP contribution in [0.2, 0.25) is 0 Å². The smallest absolute Gasteiger partial charge is 0.377 e. The lowest BCUT2D eigenvalue weighted by molar-refractivity contribution is 0.0585. The van der Waals surface area contributed by atoms with Crippen LogP contribution in [0.4, 0.5) is 0 Å². The second kappa shape index (κ2) is 8.28. The van der Waals surface area contributed by atoms with Crippen LogP contribution in [0.25, 0.3) is 0 Å². The zero-order valence-electron chi connectivity index (χ0n) is 13.7. The highest BCUT2D eigenvalue weighted by molar-refractivity contribution is 5.84. The molecule has 0 unspecified atom stereocenters. The summed E-state index contributed by atoms with van der Waals surface area (Å²) in [6.07, 6.45) is 2.41. The molecule has 0 atom stereocenters. The van der Waals surface area contributed by atoms with Crippen LogP contribution in [0, 0.1) is 6.92 Å². The van der Waals surface area contributed by atoms with Gasteiger partial charge >= 0.3 is 5.97 Å². The van der Waals surface area contributed by atoms with Gasteiger partial charge in [0.25, 0.3) is 5.82 Å². The van der Waals surface area contributed by atoms with Gasteiger partial charge in [0.1, 0.15) is 12.1 Å². The molecule has 0 aliphatic heterocycles. The van der Waals surface area contributed by atoms with Gasteiger partial charge in [0.2, 0.25) is 0 Å². The van der Waals surface area contributed by atoms with Crippen molar-refractivity contribution >= 4 is 5.97 Å². The largest absolute Gasteiger partial charge is 0.493 e.